The van der Waals surface area contributed by atoms with Crippen LogP contribution < -0.4 is 10.1 Å². The number of ether oxygens (including phenoxy) is 1. The maximum atomic E-state index is 12.3. The van der Waals surface area contributed by atoms with Crippen LogP contribution in [0.2, 0.25) is 5.02 Å². The number of carbonyl (C=O) groups is 1. The lowest BCUT2D eigenvalue weighted by Gasteiger charge is -2.11. The topological polar surface area (TPSA) is 84.6 Å². The zero-order chi connectivity index (χ0) is 23.0. The predicted molar refractivity (Wildman–Crippen MR) is 126 cm³/mol. The maximum absolute atomic E-state index is 12.3. The number of oxazole rings is 1. The summed E-state index contributed by atoms with van der Waals surface area (Å²) in [5.41, 5.74) is 6.13. The highest BCUT2D eigenvalue weighted by Gasteiger charge is 2.15. The second-order valence-corrected chi connectivity index (χ2v) is 8.27. The minimum Gasteiger partial charge on any atom is -0.507 e. The largest absolute Gasteiger partial charge is 0.507 e. The molecule has 0 saturated carbocycles. The molecule has 32 heavy (non-hydrogen) atoms. The Labute approximate surface area is 190 Å². The van der Waals surface area contributed by atoms with E-state index in [-0.39, 0.29) is 18.3 Å². The molecule has 0 radical (unpaired) electrons. The van der Waals surface area contributed by atoms with Gasteiger partial charge in [0.25, 0.3) is 5.91 Å². The summed E-state index contributed by atoms with van der Waals surface area (Å²) in [5.74, 6) is 0.490. The van der Waals surface area contributed by atoms with Crippen molar-refractivity contribution < 1.29 is 19.1 Å². The number of anilines is 1. The van der Waals surface area contributed by atoms with Crippen molar-refractivity contribution in [3.63, 3.8) is 0 Å². The Morgan fingerprint density at radius 1 is 1.06 bits per heavy atom. The van der Waals surface area contributed by atoms with Gasteiger partial charge in [-0.1, -0.05) is 17.7 Å². The smallest absolute Gasteiger partial charge is 0.262 e. The summed E-state index contributed by atoms with van der Waals surface area (Å²) in [7, 11) is 0. The molecule has 0 saturated heterocycles. The SMILES string of the molecule is Cc1cc(C)c2oc(-c3ccc(NC(=O)COc4cc(C)c(Cl)c(C)c4)cc3O)nc2c1. The van der Waals surface area contributed by atoms with Gasteiger partial charge in [0.15, 0.2) is 12.2 Å². The Balaban J connectivity index is 1.46. The quantitative estimate of drug-likeness (QED) is 0.383. The van der Waals surface area contributed by atoms with Crippen LogP contribution in [0.5, 0.6) is 11.5 Å². The van der Waals surface area contributed by atoms with E-state index in [4.69, 9.17) is 20.8 Å². The van der Waals surface area contributed by atoms with Gasteiger partial charge in [-0.3, -0.25) is 4.79 Å². The van der Waals surface area contributed by atoms with Crippen LogP contribution in [0.3, 0.4) is 0 Å². The molecule has 1 amide bonds. The molecular weight excluding hydrogens is 428 g/mol. The molecule has 164 valence electrons. The first-order valence-electron chi connectivity index (χ1n) is 10.1. The number of carbonyl (C=O) groups excluding carboxylic acids is 1. The zero-order valence-corrected chi connectivity index (χ0v) is 19.0. The van der Waals surface area contributed by atoms with Crippen LogP contribution >= 0.6 is 11.6 Å². The first kappa shape index (κ1) is 21.7. The molecule has 4 aromatic rings. The molecule has 0 unspecified atom stereocenters. The Morgan fingerprint density at radius 2 is 1.78 bits per heavy atom. The van der Waals surface area contributed by atoms with Crippen molar-refractivity contribution in [3.8, 4) is 23.0 Å². The fourth-order valence-electron chi connectivity index (χ4n) is 3.62. The van der Waals surface area contributed by atoms with Gasteiger partial charge in [0, 0.05) is 16.8 Å². The van der Waals surface area contributed by atoms with Crippen LogP contribution in [0.15, 0.2) is 46.9 Å². The molecule has 1 aromatic heterocycles. The number of amides is 1. The monoisotopic (exact) mass is 450 g/mol. The van der Waals surface area contributed by atoms with Crippen molar-refractivity contribution in [2.75, 3.05) is 11.9 Å². The molecule has 6 nitrogen and oxygen atoms in total. The predicted octanol–water partition coefficient (Wildman–Crippen LogP) is 6.10. The highest BCUT2D eigenvalue weighted by Crippen LogP contribution is 2.34. The normalized spacial score (nSPS) is 11.0. The molecule has 0 fully saturated rings. The number of nitrogens with one attached hydrogen (secondary N) is 1. The van der Waals surface area contributed by atoms with E-state index in [1.807, 2.05) is 39.8 Å². The minimum atomic E-state index is -0.352. The molecule has 2 N–H and O–H groups in total. The van der Waals surface area contributed by atoms with E-state index in [0.29, 0.717) is 33.5 Å². The van der Waals surface area contributed by atoms with Crippen molar-refractivity contribution in [2.45, 2.75) is 27.7 Å². The van der Waals surface area contributed by atoms with E-state index >= 15 is 0 Å². The fourth-order valence-corrected chi connectivity index (χ4v) is 3.73. The number of halogens is 1. The number of phenolic OH excluding ortho intramolecular Hbond substituents is 1. The second-order valence-electron chi connectivity index (χ2n) is 7.89. The van der Waals surface area contributed by atoms with E-state index in [1.54, 1.807) is 24.3 Å². The van der Waals surface area contributed by atoms with E-state index in [9.17, 15) is 9.90 Å². The molecule has 4 rings (SSSR count). The second kappa shape index (κ2) is 8.55. The van der Waals surface area contributed by atoms with Crippen LogP contribution in [-0.2, 0) is 4.79 Å². The van der Waals surface area contributed by atoms with E-state index in [2.05, 4.69) is 10.3 Å². The Morgan fingerprint density at radius 3 is 2.47 bits per heavy atom. The molecule has 0 spiro atoms. The van der Waals surface area contributed by atoms with E-state index in [0.717, 1.165) is 27.8 Å². The summed E-state index contributed by atoms with van der Waals surface area (Å²) >= 11 is 6.16. The van der Waals surface area contributed by atoms with E-state index in [1.165, 1.54) is 6.07 Å². The number of aryl methyl sites for hydroxylation is 4. The number of aromatic hydroxyl groups is 1. The minimum absolute atomic E-state index is 0.0476. The van der Waals surface area contributed by atoms with Crippen LogP contribution in [0.4, 0.5) is 5.69 Å². The average Bonchev–Trinajstić information content (AvgIpc) is 3.14. The van der Waals surface area contributed by atoms with Crippen molar-refractivity contribution in [2.24, 2.45) is 0 Å². The van der Waals surface area contributed by atoms with Crippen molar-refractivity contribution in [3.05, 3.63) is 69.7 Å². The molecule has 0 aliphatic rings. The number of phenols is 1. The number of nitrogens with zero attached hydrogens (tertiary/aromatic N) is 1. The molecule has 0 atom stereocenters. The van der Waals surface area contributed by atoms with Gasteiger partial charge in [-0.25, -0.2) is 4.98 Å². The number of rotatable bonds is 5. The van der Waals surface area contributed by atoms with Crippen molar-refractivity contribution in [1.29, 1.82) is 0 Å². The van der Waals surface area contributed by atoms with Crippen LogP contribution in [0.25, 0.3) is 22.6 Å². The third-order valence-electron chi connectivity index (χ3n) is 5.11. The summed E-state index contributed by atoms with van der Waals surface area (Å²) in [5, 5.41) is 13.9. The first-order valence-corrected chi connectivity index (χ1v) is 10.5. The Hall–Kier alpha value is -3.51. The summed E-state index contributed by atoms with van der Waals surface area (Å²) in [6.07, 6.45) is 0. The van der Waals surface area contributed by atoms with Gasteiger partial charge in [-0.05, 0) is 80.3 Å². The van der Waals surface area contributed by atoms with Gasteiger partial charge in [0.2, 0.25) is 5.89 Å². The van der Waals surface area contributed by atoms with Gasteiger partial charge in [0.05, 0.1) is 5.56 Å². The van der Waals surface area contributed by atoms with Crippen molar-refractivity contribution >= 4 is 34.3 Å². The fraction of sp³-hybridized carbons (Fsp3) is 0.200. The lowest BCUT2D eigenvalue weighted by molar-refractivity contribution is -0.118. The highest BCUT2D eigenvalue weighted by atomic mass is 35.5. The van der Waals surface area contributed by atoms with Crippen LogP contribution in [0, 0.1) is 27.7 Å². The number of benzene rings is 3. The molecule has 0 bridgehead atoms. The highest BCUT2D eigenvalue weighted by molar-refractivity contribution is 6.32. The Kier molecular flexibility index (Phi) is 5.80. The molecule has 3 aromatic carbocycles. The Bertz CT molecular complexity index is 1320. The number of fused-ring (bicyclic) bond motifs is 1. The summed E-state index contributed by atoms with van der Waals surface area (Å²) in [4.78, 5) is 16.8. The molecule has 0 aliphatic carbocycles. The molecule has 1 heterocycles. The zero-order valence-electron chi connectivity index (χ0n) is 18.2. The lowest BCUT2D eigenvalue weighted by Crippen LogP contribution is -2.20. The van der Waals surface area contributed by atoms with Crippen molar-refractivity contribution in [1.82, 2.24) is 4.98 Å². The average molecular weight is 451 g/mol. The standard InChI is InChI=1S/C25H23ClN2O4/c1-13-7-16(4)24-20(8-13)28-25(32-24)19-6-5-17(11-21(19)29)27-22(30)12-31-18-9-14(2)23(26)15(3)10-18/h5-11,29H,12H2,1-4H3,(H,27,30). The summed E-state index contributed by atoms with van der Waals surface area (Å²) in [6.45, 7) is 7.54. The van der Waals surface area contributed by atoms with Crippen LogP contribution in [0.1, 0.15) is 22.3 Å². The first-order chi connectivity index (χ1) is 15.2. The number of hydrogen-bond acceptors (Lipinski definition) is 5. The van der Waals surface area contributed by atoms with Gasteiger partial charge in [-0.2, -0.15) is 0 Å². The summed E-state index contributed by atoms with van der Waals surface area (Å²) in [6, 6.07) is 12.3. The third kappa shape index (κ3) is 4.41. The maximum Gasteiger partial charge on any atom is 0.262 e. The number of hydrogen-bond donors (Lipinski definition) is 2. The molecule has 7 heteroatoms. The summed E-state index contributed by atoms with van der Waals surface area (Å²) < 4.78 is 11.4. The van der Waals surface area contributed by atoms with Crippen LogP contribution in [-0.4, -0.2) is 22.6 Å². The van der Waals surface area contributed by atoms with Gasteiger partial charge in [-0.15, -0.1) is 0 Å². The van der Waals surface area contributed by atoms with E-state index < -0.39 is 0 Å². The third-order valence-corrected chi connectivity index (χ3v) is 5.71. The molecule has 0 aliphatic heterocycles. The van der Waals surface area contributed by atoms with Gasteiger partial charge in [0.1, 0.15) is 17.0 Å². The number of aromatic nitrogens is 1. The van der Waals surface area contributed by atoms with Gasteiger partial charge >= 0.3 is 0 Å². The molecular formula is C25H23ClN2O4. The van der Waals surface area contributed by atoms with Gasteiger partial charge < -0.3 is 19.6 Å². The lowest BCUT2D eigenvalue weighted by atomic mass is 10.1.